The molecule has 2 aromatic heterocycles. The minimum absolute atomic E-state index is 0.0132. The number of ether oxygens (including phenoxy) is 2. The predicted molar refractivity (Wildman–Crippen MR) is 176 cm³/mol. The van der Waals surface area contributed by atoms with Gasteiger partial charge in [-0.1, -0.05) is 36.0 Å². The average molecular weight is 675 g/mol. The summed E-state index contributed by atoms with van der Waals surface area (Å²) < 4.78 is 22.4. The molecule has 0 unspecified atom stereocenters. The minimum atomic E-state index is -0.770. The van der Waals surface area contributed by atoms with E-state index in [2.05, 4.69) is 5.32 Å². The number of esters is 1. The second-order valence-electron chi connectivity index (χ2n) is 10.7. The van der Waals surface area contributed by atoms with Crippen molar-refractivity contribution in [3.05, 3.63) is 107 Å². The van der Waals surface area contributed by atoms with Crippen molar-refractivity contribution in [3.63, 3.8) is 0 Å². The van der Waals surface area contributed by atoms with Crippen molar-refractivity contribution in [2.45, 2.75) is 35.2 Å². The zero-order valence-corrected chi connectivity index (χ0v) is 26.9. The van der Waals surface area contributed by atoms with Crippen LogP contribution in [0.1, 0.15) is 16.9 Å². The van der Waals surface area contributed by atoms with Crippen LogP contribution in [0.4, 0.5) is 0 Å². The van der Waals surface area contributed by atoms with E-state index in [0.717, 1.165) is 32.4 Å². The maximum absolute atomic E-state index is 13.7. The molecule has 2 aliphatic heterocycles. The SMILES string of the molecule is COc1ccc(COC(=O)C2=C(Sc3ccc4c(c3)oc3cc(CCl)ccc34)CS[C@@H]3[C@H](NC(=O)Cc4ccco4)C(=O)N23)cc1. The van der Waals surface area contributed by atoms with E-state index >= 15 is 0 Å². The Hall–Kier alpha value is -4.32. The van der Waals surface area contributed by atoms with Gasteiger partial charge < -0.3 is 23.6 Å². The molecule has 234 valence electrons. The van der Waals surface area contributed by atoms with Crippen LogP contribution in [0.3, 0.4) is 0 Å². The van der Waals surface area contributed by atoms with E-state index in [4.69, 9.17) is 29.9 Å². The van der Waals surface area contributed by atoms with E-state index in [1.807, 2.05) is 48.5 Å². The lowest BCUT2D eigenvalue weighted by Crippen LogP contribution is -2.70. The van der Waals surface area contributed by atoms with Crippen LogP contribution < -0.4 is 10.1 Å². The van der Waals surface area contributed by atoms with E-state index in [1.54, 1.807) is 31.4 Å². The number of carbonyl (C=O) groups is 3. The molecular formula is C34H27ClN2O7S2. The van der Waals surface area contributed by atoms with Gasteiger partial charge in [-0.15, -0.1) is 23.4 Å². The first-order chi connectivity index (χ1) is 22.4. The van der Waals surface area contributed by atoms with Gasteiger partial charge >= 0.3 is 5.97 Å². The molecule has 0 radical (unpaired) electrons. The topological polar surface area (TPSA) is 111 Å². The normalized spacial score (nSPS) is 17.6. The number of benzene rings is 3. The van der Waals surface area contributed by atoms with Gasteiger partial charge in [0.15, 0.2) is 0 Å². The number of furan rings is 2. The Morgan fingerprint density at radius 1 is 1.04 bits per heavy atom. The van der Waals surface area contributed by atoms with Crippen molar-refractivity contribution in [2.75, 3.05) is 12.9 Å². The Balaban J connectivity index is 1.15. The van der Waals surface area contributed by atoms with E-state index in [9.17, 15) is 14.4 Å². The number of nitrogens with one attached hydrogen (secondary N) is 1. The molecule has 12 heteroatoms. The molecule has 7 rings (SSSR count). The quantitative estimate of drug-likeness (QED) is 0.0993. The van der Waals surface area contributed by atoms with E-state index < -0.39 is 17.4 Å². The van der Waals surface area contributed by atoms with E-state index in [-0.39, 0.29) is 30.5 Å². The van der Waals surface area contributed by atoms with Crippen LogP contribution in [0.5, 0.6) is 5.75 Å². The molecule has 9 nitrogen and oxygen atoms in total. The summed E-state index contributed by atoms with van der Waals surface area (Å²) >= 11 is 8.89. The van der Waals surface area contributed by atoms with Gasteiger partial charge in [0.2, 0.25) is 5.91 Å². The lowest BCUT2D eigenvalue weighted by atomic mass is 10.0. The zero-order chi connectivity index (χ0) is 31.8. The number of amides is 2. The molecule has 46 heavy (non-hydrogen) atoms. The van der Waals surface area contributed by atoms with Crippen LogP contribution in [-0.2, 0) is 38.0 Å². The van der Waals surface area contributed by atoms with Crippen molar-refractivity contribution < 1.29 is 32.7 Å². The number of hydrogen-bond donors (Lipinski definition) is 1. The molecule has 4 heterocycles. The van der Waals surface area contributed by atoms with Crippen molar-refractivity contribution in [3.8, 4) is 5.75 Å². The fraction of sp³-hybridized carbons (Fsp3) is 0.206. The van der Waals surface area contributed by atoms with Gasteiger partial charge in [0.25, 0.3) is 5.91 Å². The number of β-lactam (4-membered cyclic amide) rings is 1. The Morgan fingerprint density at radius 3 is 2.54 bits per heavy atom. The molecule has 5 aromatic rings. The molecule has 2 amide bonds. The van der Waals surface area contributed by atoms with E-state index in [0.29, 0.717) is 33.6 Å². The maximum atomic E-state index is 13.7. The second-order valence-corrected chi connectivity index (χ2v) is 13.3. The number of carbonyl (C=O) groups excluding carboxylic acids is 3. The van der Waals surface area contributed by atoms with Crippen LogP contribution in [0, 0.1) is 0 Å². The third-order valence-electron chi connectivity index (χ3n) is 7.79. The molecule has 3 aromatic carbocycles. The van der Waals surface area contributed by atoms with Crippen molar-refractivity contribution in [1.82, 2.24) is 10.2 Å². The number of alkyl halides is 1. The summed E-state index contributed by atoms with van der Waals surface area (Å²) in [5.74, 6) is 0.697. The zero-order valence-electron chi connectivity index (χ0n) is 24.5. The molecular weight excluding hydrogens is 648 g/mol. The molecule has 2 atom stereocenters. The Kier molecular flexibility index (Phi) is 8.46. The molecule has 0 bridgehead atoms. The summed E-state index contributed by atoms with van der Waals surface area (Å²) in [6.07, 6.45) is 1.51. The van der Waals surface area contributed by atoms with Gasteiger partial charge in [-0.25, -0.2) is 4.79 Å². The highest BCUT2D eigenvalue weighted by Crippen LogP contribution is 2.46. The number of fused-ring (bicyclic) bond motifs is 4. The Labute approximate surface area is 277 Å². The minimum Gasteiger partial charge on any atom is -0.497 e. The number of methoxy groups -OCH3 is 1. The van der Waals surface area contributed by atoms with Gasteiger partial charge in [0.1, 0.15) is 46.4 Å². The molecule has 1 fully saturated rings. The lowest BCUT2D eigenvalue weighted by molar-refractivity contribution is -0.153. The molecule has 2 aliphatic rings. The number of hydrogen-bond acceptors (Lipinski definition) is 9. The summed E-state index contributed by atoms with van der Waals surface area (Å²) in [6.45, 7) is 0.0165. The number of thioether (sulfide) groups is 2. The molecule has 0 aliphatic carbocycles. The smallest absolute Gasteiger partial charge is 0.356 e. The van der Waals surface area contributed by atoms with Crippen LogP contribution in [0.2, 0.25) is 0 Å². The van der Waals surface area contributed by atoms with Crippen LogP contribution in [0.15, 0.2) is 103 Å². The third kappa shape index (κ3) is 5.86. The van der Waals surface area contributed by atoms with Crippen LogP contribution >= 0.6 is 35.1 Å². The average Bonchev–Trinajstić information content (AvgIpc) is 3.72. The largest absolute Gasteiger partial charge is 0.497 e. The number of nitrogens with zero attached hydrogens (tertiary/aromatic N) is 1. The third-order valence-corrected chi connectivity index (χ3v) is 10.6. The number of rotatable bonds is 10. The molecule has 1 saturated heterocycles. The highest BCUT2D eigenvalue weighted by molar-refractivity contribution is 8.06. The summed E-state index contributed by atoms with van der Waals surface area (Å²) in [5, 5.41) is 4.32. The summed E-state index contributed by atoms with van der Waals surface area (Å²) in [7, 11) is 1.58. The fourth-order valence-corrected chi connectivity index (χ4v) is 8.15. The van der Waals surface area contributed by atoms with Gasteiger partial charge in [-0.3, -0.25) is 14.5 Å². The summed E-state index contributed by atoms with van der Waals surface area (Å²) in [5.41, 5.74) is 3.38. The van der Waals surface area contributed by atoms with Gasteiger partial charge in [-0.2, -0.15) is 0 Å². The molecule has 1 N–H and O–H groups in total. The fourth-order valence-electron chi connectivity index (χ4n) is 5.48. The lowest BCUT2D eigenvalue weighted by Gasteiger charge is -2.49. The maximum Gasteiger partial charge on any atom is 0.356 e. The summed E-state index contributed by atoms with van der Waals surface area (Å²) in [6, 6.07) is 21.6. The highest BCUT2D eigenvalue weighted by Gasteiger charge is 2.54. The second kappa shape index (κ2) is 12.8. The highest BCUT2D eigenvalue weighted by atomic mass is 35.5. The summed E-state index contributed by atoms with van der Waals surface area (Å²) in [4.78, 5) is 42.9. The predicted octanol–water partition coefficient (Wildman–Crippen LogP) is 6.62. The van der Waals surface area contributed by atoms with Gasteiger partial charge in [0, 0.05) is 32.2 Å². The standard InChI is InChI=1S/C34H27ClN2O7S2/c1-41-21-7-4-19(5-8-21)17-43-34(40)31-28(18-45-33-30(32(39)37(31)33)36-29(38)14-22-3-2-12-42-22)46-23-9-11-25-24-10-6-20(16-35)13-26(24)44-27(25)15-23/h2-13,15,30,33H,14,16-18H2,1H3,(H,36,38)/t30-,33-/m1/s1. The first-order valence-corrected chi connectivity index (χ1v) is 16.8. The number of halogens is 1. The molecule has 0 spiro atoms. The van der Waals surface area contributed by atoms with Gasteiger partial charge in [-0.05, 0) is 59.7 Å². The molecule has 0 saturated carbocycles. The monoisotopic (exact) mass is 674 g/mol. The first kappa shape index (κ1) is 30.3. The van der Waals surface area contributed by atoms with Crippen molar-refractivity contribution in [2.24, 2.45) is 0 Å². The Morgan fingerprint density at radius 2 is 1.80 bits per heavy atom. The van der Waals surface area contributed by atoms with Crippen LogP contribution in [-0.4, -0.2) is 47.0 Å². The Bertz CT molecular complexity index is 1990. The van der Waals surface area contributed by atoms with Crippen molar-refractivity contribution >= 4 is 74.8 Å². The van der Waals surface area contributed by atoms with Gasteiger partial charge in [0.05, 0.1) is 19.8 Å². The van der Waals surface area contributed by atoms with Crippen molar-refractivity contribution in [1.29, 1.82) is 0 Å². The van der Waals surface area contributed by atoms with Crippen LogP contribution in [0.25, 0.3) is 21.9 Å². The van der Waals surface area contributed by atoms with E-state index in [1.165, 1.54) is 34.7 Å². The first-order valence-electron chi connectivity index (χ1n) is 14.4.